The Balaban J connectivity index is 1.56. The van der Waals surface area contributed by atoms with E-state index in [1.165, 1.54) is 32.1 Å². The molecule has 0 amide bonds. The summed E-state index contributed by atoms with van der Waals surface area (Å²) in [6.07, 6.45) is 6.26. The molecule has 6 heteroatoms. The molecule has 6 nitrogen and oxygen atoms in total. The van der Waals surface area contributed by atoms with Crippen molar-refractivity contribution >= 4 is 11.0 Å². The predicted molar refractivity (Wildman–Crippen MR) is 119 cm³/mol. The summed E-state index contributed by atoms with van der Waals surface area (Å²) in [6.45, 7) is 1.33. The van der Waals surface area contributed by atoms with Crippen LogP contribution in [0, 0.1) is 0 Å². The van der Waals surface area contributed by atoms with Crippen LogP contribution in [0.4, 0.5) is 0 Å². The zero-order valence-electron chi connectivity index (χ0n) is 18.0. The van der Waals surface area contributed by atoms with Crippen LogP contribution < -0.4 is 19.8 Å². The van der Waals surface area contributed by atoms with Gasteiger partial charge in [-0.1, -0.05) is 19.3 Å². The lowest BCUT2D eigenvalue weighted by Gasteiger charge is -2.37. The van der Waals surface area contributed by atoms with Crippen LogP contribution >= 0.6 is 0 Å². The van der Waals surface area contributed by atoms with Crippen molar-refractivity contribution in [3.8, 4) is 28.4 Å². The smallest absolute Gasteiger partial charge is 0.344 e. The second kappa shape index (κ2) is 8.27. The molecule has 1 aromatic heterocycles. The second-order valence-electron chi connectivity index (χ2n) is 8.29. The van der Waals surface area contributed by atoms with E-state index in [1.807, 2.05) is 30.3 Å². The van der Waals surface area contributed by atoms with E-state index in [2.05, 4.69) is 4.90 Å². The maximum Gasteiger partial charge on any atom is 0.344 e. The van der Waals surface area contributed by atoms with Crippen molar-refractivity contribution in [2.24, 2.45) is 0 Å². The molecular formula is C25H27NO5. The van der Waals surface area contributed by atoms with Crippen LogP contribution in [0.3, 0.4) is 0 Å². The lowest BCUT2D eigenvalue weighted by molar-refractivity contribution is 0.0406. The molecule has 1 fully saturated rings. The average molecular weight is 421 g/mol. The summed E-state index contributed by atoms with van der Waals surface area (Å²) < 4.78 is 22.7. The number of ether oxygens (including phenoxy) is 3. The Kier molecular flexibility index (Phi) is 5.32. The maximum atomic E-state index is 13.0. The van der Waals surface area contributed by atoms with E-state index in [0.717, 1.165) is 23.2 Å². The summed E-state index contributed by atoms with van der Waals surface area (Å²) in [5.74, 6) is 2.04. The molecule has 31 heavy (non-hydrogen) atoms. The molecule has 162 valence electrons. The van der Waals surface area contributed by atoms with Crippen LogP contribution in [0.25, 0.3) is 22.1 Å². The molecule has 0 bridgehead atoms. The number of methoxy groups -OCH3 is 2. The number of hydrogen-bond acceptors (Lipinski definition) is 6. The van der Waals surface area contributed by atoms with E-state index in [0.29, 0.717) is 41.0 Å². The molecule has 0 atom stereocenters. The highest BCUT2D eigenvalue weighted by Crippen LogP contribution is 2.37. The topological polar surface area (TPSA) is 61.1 Å². The van der Waals surface area contributed by atoms with Gasteiger partial charge in [-0.2, -0.15) is 0 Å². The Morgan fingerprint density at radius 1 is 0.968 bits per heavy atom. The Labute approximate surface area is 181 Å². The van der Waals surface area contributed by atoms with Crippen molar-refractivity contribution in [1.82, 2.24) is 4.90 Å². The van der Waals surface area contributed by atoms with E-state index in [9.17, 15) is 4.79 Å². The van der Waals surface area contributed by atoms with Gasteiger partial charge in [0.2, 0.25) is 0 Å². The van der Waals surface area contributed by atoms with Crippen LogP contribution in [0.15, 0.2) is 45.6 Å². The highest BCUT2D eigenvalue weighted by atomic mass is 16.5. The van der Waals surface area contributed by atoms with Gasteiger partial charge in [-0.25, -0.2) is 4.79 Å². The molecule has 0 radical (unpaired) electrons. The molecule has 1 aliphatic carbocycles. The fourth-order valence-electron chi connectivity index (χ4n) is 4.80. The fourth-order valence-corrected chi connectivity index (χ4v) is 4.80. The predicted octanol–water partition coefficient (Wildman–Crippen LogP) is 4.96. The van der Waals surface area contributed by atoms with Gasteiger partial charge >= 0.3 is 5.63 Å². The van der Waals surface area contributed by atoms with Gasteiger partial charge in [-0.05, 0) is 43.2 Å². The summed E-state index contributed by atoms with van der Waals surface area (Å²) >= 11 is 0. The van der Waals surface area contributed by atoms with Crippen molar-refractivity contribution in [2.75, 3.05) is 21.0 Å². The van der Waals surface area contributed by atoms with Crippen molar-refractivity contribution in [3.05, 3.63) is 52.4 Å². The van der Waals surface area contributed by atoms with Crippen molar-refractivity contribution in [3.63, 3.8) is 0 Å². The van der Waals surface area contributed by atoms with Crippen molar-refractivity contribution in [1.29, 1.82) is 0 Å². The van der Waals surface area contributed by atoms with E-state index in [1.54, 1.807) is 20.3 Å². The van der Waals surface area contributed by atoms with Gasteiger partial charge in [-0.15, -0.1) is 0 Å². The van der Waals surface area contributed by atoms with E-state index in [-0.39, 0.29) is 5.63 Å². The number of rotatable bonds is 4. The average Bonchev–Trinajstić information content (AvgIpc) is 2.83. The normalized spacial score (nSPS) is 17.2. The molecule has 3 aromatic rings. The van der Waals surface area contributed by atoms with Gasteiger partial charge in [0.25, 0.3) is 0 Å². The standard InChI is InChI=1S/C25H27NO5/c1-28-18-9-10-19(23(13-18)29-2)20-12-16-8-11-22-21(24(16)31-25(20)27)14-26(15-30-22)17-6-4-3-5-7-17/h8-13,17H,3-7,14-15H2,1-2H3. The molecule has 0 N–H and O–H groups in total. The van der Waals surface area contributed by atoms with Gasteiger partial charge < -0.3 is 18.6 Å². The second-order valence-corrected chi connectivity index (χ2v) is 8.29. The summed E-state index contributed by atoms with van der Waals surface area (Å²) in [7, 11) is 3.18. The van der Waals surface area contributed by atoms with Gasteiger partial charge in [0.1, 0.15) is 29.6 Å². The third kappa shape index (κ3) is 3.65. The highest BCUT2D eigenvalue weighted by Gasteiger charge is 2.28. The lowest BCUT2D eigenvalue weighted by atomic mass is 9.93. The first kappa shape index (κ1) is 19.9. The van der Waals surface area contributed by atoms with Crippen LogP contribution in [0.2, 0.25) is 0 Å². The Morgan fingerprint density at radius 3 is 2.58 bits per heavy atom. The third-order valence-electron chi connectivity index (χ3n) is 6.50. The van der Waals surface area contributed by atoms with Gasteiger partial charge in [-0.3, -0.25) is 4.90 Å². The number of fused-ring (bicyclic) bond motifs is 3. The van der Waals surface area contributed by atoms with Crippen LogP contribution in [0.1, 0.15) is 37.7 Å². The third-order valence-corrected chi connectivity index (χ3v) is 6.50. The fraction of sp³-hybridized carbons (Fsp3) is 0.400. The molecule has 0 spiro atoms. The van der Waals surface area contributed by atoms with Crippen molar-refractivity contribution in [2.45, 2.75) is 44.7 Å². The minimum absolute atomic E-state index is 0.390. The monoisotopic (exact) mass is 421 g/mol. The van der Waals surface area contributed by atoms with Crippen LogP contribution in [-0.2, 0) is 6.54 Å². The first-order valence-electron chi connectivity index (χ1n) is 10.9. The Hall–Kier alpha value is -2.99. The zero-order chi connectivity index (χ0) is 21.4. The number of hydrogen-bond donors (Lipinski definition) is 0. The van der Waals surface area contributed by atoms with Gasteiger partial charge in [0.15, 0.2) is 0 Å². The minimum atomic E-state index is -0.390. The summed E-state index contributed by atoms with van der Waals surface area (Å²) in [6, 6.07) is 11.7. The van der Waals surface area contributed by atoms with E-state index < -0.39 is 0 Å². The number of nitrogens with zero attached hydrogens (tertiary/aromatic N) is 1. The first-order valence-corrected chi connectivity index (χ1v) is 10.9. The summed E-state index contributed by atoms with van der Waals surface area (Å²) in [5.41, 5.74) is 2.32. The van der Waals surface area contributed by atoms with Crippen LogP contribution in [-0.4, -0.2) is 31.9 Å². The minimum Gasteiger partial charge on any atom is -0.497 e. The maximum absolute atomic E-state index is 13.0. The first-order chi connectivity index (χ1) is 15.2. The molecule has 2 aliphatic rings. The van der Waals surface area contributed by atoms with Crippen molar-refractivity contribution < 1.29 is 18.6 Å². The molecule has 5 rings (SSSR count). The van der Waals surface area contributed by atoms with E-state index >= 15 is 0 Å². The van der Waals surface area contributed by atoms with Crippen LogP contribution in [0.5, 0.6) is 17.2 Å². The molecule has 0 unspecified atom stereocenters. The molecular weight excluding hydrogens is 394 g/mol. The molecule has 2 heterocycles. The largest absolute Gasteiger partial charge is 0.497 e. The molecule has 2 aromatic carbocycles. The summed E-state index contributed by atoms with van der Waals surface area (Å²) in [4.78, 5) is 15.4. The molecule has 1 aliphatic heterocycles. The SMILES string of the molecule is COc1ccc(-c2cc3ccc4c(c3oc2=O)CN(C2CCCCC2)CO4)c(OC)c1. The molecule has 1 saturated carbocycles. The Morgan fingerprint density at radius 2 is 1.81 bits per heavy atom. The summed E-state index contributed by atoms with van der Waals surface area (Å²) in [5, 5.41) is 0.875. The Bertz CT molecular complexity index is 1160. The quantitative estimate of drug-likeness (QED) is 0.555. The lowest BCUT2D eigenvalue weighted by Crippen LogP contribution is -2.41. The zero-order valence-corrected chi connectivity index (χ0v) is 18.0. The highest BCUT2D eigenvalue weighted by molar-refractivity contribution is 5.87. The number of benzene rings is 2. The molecule has 0 saturated heterocycles. The van der Waals surface area contributed by atoms with Gasteiger partial charge in [0.05, 0.1) is 25.3 Å². The van der Waals surface area contributed by atoms with E-state index in [4.69, 9.17) is 18.6 Å². The van der Waals surface area contributed by atoms with Gasteiger partial charge in [0, 0.05) is 29.6 Å².